The normalized spacial score (nSPS) is 17.5. The van der Waals surface area contributed by atoms with Crippen molar-refractivity contribution in [1.82, 2.24) is 10.2 Å². The van der Waals surface area contributed by atoms with E-state index in [1.807, 2.05) is 11.8 Å². The summed E-state index contributed by atoms with van der Waals surface area (Å²) < 4.78 is 5.18. The Kier molecular flexibility index (Phi) is 6.67. The second-order valence-corrected chi connectivity index (χ2v) is 4.53. The number of rotatable bonds is 7. The monoisotopic (exact) mass is 258 g/mol. The molecule has 1 rings (SSSR count). The fourth-order valence-electron chi connectivity index (χ4n) is 1.84. The molecule has 1 heterocycles. The van der Waals surface area contributed by atoms with E-state index in [1.165, 1.54) is 0 Å². The summed E-state index contributed by atoms with van der Waals surface area (Å²) in [7, 11) is 0. The van der Waals surface area contributed by atoms with Gasteiger partial charge in [-0.3, -0.25) is 9.59 Å². The highest BCUT2D eigenvalue weighted by atomic mass is 16.5. The molecule has 0 radical (unpaired) electrons. The second-order valence-electron chi connectivity index (χ2n) is 4.53. The van der Waals surface area contributed by atoms with Crippen molar-refractivity contribution in [2.45, 2.75) is 32.2 Å². The van der Waals surface area contributed by atoms with Crippen molar-refractivity contribution in [2.24, 2.45) is 0 Å². The maximum atomic E-state index is 11.8. The zero-order valence-electron chi connectivity index (χ0n) is 10.9. The molecule has 104 valence electrons. The molecule has 1 atom stereocenters. The highest BCUT2D eigenvalue weighted by Gasteiger charge is 2.16. The van der Waals surface area contributed by atoms with Crippen molar-refractivity contribution in [3.8, 4) is 0 Å². The van der Waals surface area contributed by atoms with Crippen LogP contribution in [-0.4, -0.2) is 60.8 Å². The smallest absolute Gasteiger partial charge is 0.303 e. The fourth-order valence-corrected chi connectivity index (χ4v) is 1.84. The van der Waals surface area contributed by atoms with Gasteiger partial charge in [0.05, 0.1) is 13.2 Å². The predicted molar refractivity (Wildman–Crippen MR) is 66.4 cm³/mol. The summed E-state index contributed by atoms with van der Waals surface area (Å²) >= 11 is 0. The van der Waals surface area contributed by atoms with E-state index >= 15 is 0 Å². The van der Waals surface area contributed by atoms with Crippen molar-refractivity contribution in [1.29, 1.82) is 0 Å². The number of aliphatic carboxylic acids is 1. The Morgan fingerprint density at radius 3 is 2.61 bits per heavy atom. The van der Waals surface area contributed by atoms with Gasteiger partial charge < -0.3 is 20.1 Å². The van der Waals surface area contributed by atoms with Crippen LogP contribution in [0, 0.1) is 0 Å². The number of amides is 1. The van der Waals surface area contributed by atoms with E-state index < -0.39 is 5.97 Å². The van der Waals surface area contributed by atoms with E-state index in [0.717, 1.165) is 0 Å². The Hall–Kier alpha value is -1.14. The minimum absolute atomic E-state index is 0.124. The lowest BCUT2D eigenvalue weighted by Crippen LogP contribution is -2.42. The summed E-state index contributed by atoms with van der Waals surface area (Å²) in [5.74, 6) is -0.649. The van der Waals surface area contributed by atoms with E-state index in [4.69, 9.17) is 9.84 Å². The zero-order chi connectivity index (χ0) is 13.4. The molecule has 1 fully saturated rings. The first-order chi connectivity index (χ1) is 8.59. The van der Waals surface area contributed by atoms with Crippen molar-refractivity contribution in [2.75, 3.05) is 32.8 Å². The van der Waals surface area contributed by atoms with Gasteiger partial charge in [0.25, 0.3) is 0 Å². The number of nitrogens with zero attached hydrogens (tertiary/aromatic N) is 1. The van der Waals surface area contributed by atoms with Crippen LogP contribution in [-0.2, 0) is 14.3 Å². The molecule has 6 heteroatoms. The first kappa shape index (κ1) is 14.9. The first-order valence-corrected chi connectivity index (χ1v) is 6.40. The third-order valence-electron chi connectivity index (χ3n) is 2.99. The van der Waals surface area contributed by atoms with Gasteiger partial charge in [0.2, 0.25) is 5.91 Å². The molecular weight excluding hydrogens is 236 g/mol. The summed E-state index contributed by atoms with van der Waals surface area (Å²) in [6.07, 6.45) is 1.20. The highest BCUT2D eigenvalue weighted by Crippen LogP contribution is 2.01. The lowest BCUT2D eigenvalue weighted by atomic mass is 10.2. The van der Waals surface area contributed by atoms with E-state index in [2.05, 4.69) is 5.32 Å². The number of ether oxygens (including phenoxy) is 1. The van der Waals surface area contributed by atoms with Crippen molar-refractivity contribution < 1.29 is 19.4 Å². The van der Waals surface area contributed by atoms with Gasteiger partial charge in [-0.05, 0) is 13.3 Å². The molecule has 1 aliphatic rings. The van der Waals surface area contributed by atoms with Gasteiger partial charge in [-0.15, -0.1) is 0 Å². The molecule has 18 heavy (non-hydrogen) atoms. The summed E-state index contributed by atoms with van der Waals surface area (Å²) in [5, 5.41) is 11.7. The van der Waals surface area contributed by atoms with Crippen LogP contribution in [0.2, 0.25) is 0 Å². The molecule has 0 bridgehead atoms. The maximum Gasteiger partial charge on any atom is 0.303 e. The molecular formula is C12H22N2O4. The van der Waals surface area contributed by atoms with Gasteiger partial charge in [-0.2, -0.15) is 0 Å². The number of carboxylic acids is 1. The number of carboxylic acid groups (broad SMARTS) is 1. The molecule has 0 aromatic heterocycles. The Morgan fingerprint density at radius 2 is 2.00 bits per heavy atom. The molecule has 1 saturated heterocycles. The van der Waals surface area contributed by atoms with Gasteiger partial charge in [0.1, 0.15) is 0 Å². The van der Waals surface area contributed by atoms with Gasteiger partial charge in [-0.1, -0.05) is 0 Å². The summed E-state index contributed by atoms with van der Waals surface area (Å²) in [6.45, 7) is 5.11. The second kappa shape index (κ2) is 8.05. The summed E-state index contributed by atoms with van der Waals surface area (Å²) in [6, 6.07) is 0.124. The number of carbonyl (C=O) groups excluding carboxylic acids is 1. The predicted octanol–water partition coefficient (Wildman–Crippen LogP) is 0.0782. The van der Waals surface area contributed by atoms with Crippen molar-refractivity contribution in [3.63, 3.8) is 0 Å². The van der Waals surface area contributed by atoms with Crippen LogP contribution in [0.1, 0.15) is 26.2 Å². The van der Waals surface area contributed by atoms with E-state index in [-0.39, 0.29) is 18.4 Å². The third kappa shape index (κ3) is 5.97. The number of morpholine rings is 1. The van der Waals surface area contributed by atoms with Gasteiger partial charge in [-0.25, -0.2) is 0 Å². The Morgan fingerprint density at radius 1 is 1.33 bits per heavy atom. The topological polar surface area (TPSA) is 78.9 Å². The Labute approximate surface area is 107 Å². The van der Waals surface area contributed by atoms with E-state index in [1.54, 1.807) is 0 Å². The van der Waals surface area contributed by atoms with Crippen LogP contribution in [0.4, 0.5) is 0 Å². The van der Waals surface area contributed by atoms with E-state index in [9.17, 15) is 9.59 Å². The van der Waals surface area contributed by atoms with Crippen LogP contribution >= 0.6 is 0 Å². The van der Waals surface area contributed by atoms with Gasteiger partial charge in [0, 0.05) is 38.5 Å². The number of hydrogen-bond acceptors (Lipinski definition) is 4. The molecule has 0 spiro atoms. The van der Waals surface area contributed by atoms with Gasteiger partial charge >= 0.3 is 5.97 Å². The van der Waals surface area contributed by atoms with Crippen LogP contribution in [0.5, 0.6) is 0 Å². The van der Waals surface area contributed by atoms with Crippen molar-refractivity contribution in [3.05, 3.63) is 0 Å². The molecule has 0 saturated carbocycles. The fraction of sp³-hybridized carbons (Fsp3) is 0.833. The Balaban J connectivity index is 2.08. The molecule has 1 amide bonds. The van der Waals surface area contributed by atoms with Crippen LogP contribution < -0.4 is 5.32 Å². The van der Waals surface area contributed by atoms with Crippen LogP contribution in [0.15, 0.2) is 0 Å². The highest BCUT2D eigenvalue weighted by molar-refractivity contribution is 5.76. The molecule has 6 nitrogen and oxygen atoms in total. The van der Waals surface area contributed by atoms with Crippen LogP contribution in [0.25, 0.3) is 0 Å². The largest absolute Gasteiger partial charge is 0.481 e. The average molecular weight is 258 g/mol. The molecule has 0 aromatic rings. The maximum absolute atomic E-state index is 11.8. The van der Waals surface area contributed by atoms with Crippen LogP contribution in [0.3, 0.4) is 0 Å². The lowest BCUT2D eigenvalue weighted by molar-refractivity contribution is -0.137. The Bertz CT molecular complexity index is 277. The lowest BCUT2D eigenvalue weighted by Gasteiger charge is -2.27. The molecule has 1 aliphatic heterocycles. The standard InChI is InChI=1S/C12H22N2O4/c1-10(2-3-12(16)17)13-5-4-11(15)14-6-8-18-9-7-14/h10,13H,2-9H2,1H3,(H,16,17). The van der Waals surface area contributed by atoms with Crippen molar-refractivity contribution >= 4 is 11.9 Å². The SMILES string of the molecule is CC(CCC(=O)O)NCCC(=O)N1CCOCC1. The summed E-state index contributed by atoms with van der Waals surface area (Å²) in [4.78, 5) is 24.0. The van der Waals surface area contributed by atoms with E-state index in [0.29, 0.717) is 45.7 Å². The quantitative estimate of drug-likeness (QED) is 0.676. The first-order valence-electron chi connectivity index (χ1n) is 6.40. The average Bonchev–Trinajstić information content (AvgIpc) is 2.37. The minimum atomic E-state index is -0.784. The number of carbonyl (C=O) groups is 2. The minimum Gasteiger partial charge on any atom is -0.481 e. The molecule has 1 unspecified atom stereocenters. The van der Waals surface area contributed by atoms with Gasteiger partial charge in [0.15, 0.2) is 0 Å². The molecule has 0 aromatic carbocycles. The zero-order valence-corrected chi connectivity index (χ0v) is 10.9. The number of hydrogen-bond donors (Lipinski definition) is 2. The summed E-state index contributed by atoms with van der Waals surface area (Å²) in [5.41, 5.74) is 0. The molecule has 0 aliphatic carbocycles. The third-order valence-corrected chi connectivity index (χ3v) is 2.99. The number of nitrogens with one attached hydrogen (secondary N) is 1. The molecule has 2 N–H and O–H groups in total.